The number of amides is 3. The smallest absolute Gasteiger partial charge is 0.257 e. The largest absolute Gasteiger partial charge is 0.491 e. The van der Waals surface area contributed by atoms with Gasteiger partial charge in [0, 0.05) is 57.2 Å². The second-order valence-electron chi connectivity index (χ2n) is 9.77. The molecule has 3 amide bonds. The summed E-state index contributed by atoms with van der Waals surface area (Å²) in [4.78, 5) is 46.6. The summed E-state index contributed by atoms with van der Waals surface area (Å²) in [6, 6.07) is 8.30. The molecule has 192 valence electrons. The van der Waals surface area contributed by atoms with Gasteiger partial charge in [-0.25, -0.2) is 0 Å². The number of nitrogens with zero attached hydrogens (tertiary/aromatic N) is 3. The Morgan fingerprint density at radius 3 is 2.61 bits per heavy atom. The molecule has 1 aromatic carbocycles. The number of carbonyl (C=O) groups is 3. The molecule has 1 N–H and O–H groups in total. The molecule has 3 atom stereocenters. The van der Waals surface area contributed by atoms with Crippen LogP contribution in [0.5, 0.6) is 5.75 Å². The lowest BCUT2D eigenvalue weighted by Gasteiger charge is -2.36. The third-order valence-electron chi connectivity index (χ3n) is 6.83. The molecule has 1 aliphatic heterocycles. The lowest BCUT2D eigenvalue weighted by Crippen LogP contribution is -2.48. The van der Waals surface area contributed by atoms with Gasteiger partial charge in [-0.15, -0.1) is 0 Å². The second-order valence-corrected chi connectivity index (χ2v) is 9.77. The van der Waals surface area contributed by atoms with Gasteiger partial charge in [-0.1, -0.05) is 6.92 Å². The molecule has 9 nitrogen and oxygen atoms in total. The first-order valence-corrected chi connectivity index (χ1v) is 12.4. The molecule has 2 heterocycles. The van der Waals surface area contributed by atoms with Crippen LogP contribution in [0.3, 0.4) is 0 Å². The van der Waals surface area contributed by atoms with Crippen LogP contribution in [0.15, 0.2) is 42.7 Å². The molecule has 2 aliphatic rings. The number of ether oxygens (including phenoxy) is 2. The molecule has 0 spiro atoms. The number of benzene rings is 1. The minimum Gasteiger partial charge on any atom is -0.491 e. The van der Waals surface area contributed by atoms with Gasteiger partial charge >= 0.3 is 0 Å². The fourth-order valence-corrected chi connectivity index (χ4v) is 4.38. The van der Waals surface area contributed by atoms with Gasteiger partial charge in [-0.2, -0.15) is 0 Å². The van der Waals surface area contributed by atoms with E-state index in [1.165, 1.54) is 0 Å². The molecule has 0 saturated heterocycles. The summed E-state index contributed by atoms with van der Waals surface area (Å²) in [5.41, 5.74) is 1.41. The molecule has 0 bridgehead atoms. The first kappa shape index (κ1) is 25.6. The van der Waals surface area contributed by atoms with Gasteiger partial charge < -0.3 is 24.6 Å². The van der Waals surface area contributed by atoms with Crippen molar-refractivity contribution in [2.75, 3.05) is 39.2 Å². The highest BCUT2D eigenvalue weighted by Gasteiger charge is 2.32. The Bertz CT molecular complexity index is 1100. The zero-order valence-corrected chi connectivity index (χ0v) is 21.3. The summed E-state index contributed by atoms with van der Waals surface area (Å²) in [6.45, 7) is 4.88. The van der Waals surface area contributed by atoms with Crippen LogP contribution in [0.25, 0.3) is 0 Å². The Kier molecular flexibility index (Phi) is 7.88. The Morgan fingerprint density at radius 2 is 1.94 bits per heavy atom. The molecule has 4 rings (SSSR count). The topological polar surface area (TPSA) is 101 Å². The first-order valence-electron chi connectivity index (χ1n) is 12.4. The molecule has 0 radical (unpaired) electrons. The third kappa shape index (κ3) is 5.84. The van der Waals surface area contributed by atoms with E-state index in [4.69, 9.17) is 9.47 Å². The van der Waals surface area contributed by atoms with E-state index in [9.17, 15) is 14.4 Å². The van der Waals surface area contributed by atoms with Crippen molar-refractivity contribution in [2.45, 2.75) is 38.8 Å². The predicted molar refractivity (Wildman–Crippen MR) is 135 cm³/mol. The molecule has 1 aromatic heterocycles. The Hall–Kier alpha value is -3.46. The summed E-state index contributed by atoms with van der Waals surface area (Å²) in [6.07, 6.45) is 4.68. The highest BCUT2D eigenvalue weighted by Crippen LogP contribution is 2.31. The Morgan fingerprint density at radius 1 is 1.17 bits per heavy atom. The standard InChI is InChI=1S/C27H34N4O5/c1-17-14-31(26(33)20-6-5-11-28-13-20)18(2)16-36-23-10-9-21(29-25(32)19-7-8-19)12-22(23)27(34)30(3)15-24(17)35-4/h5-6,9-13,17-19,24H,7-8,14-16H2,1-4H3,(H,29,32)/t17-,18+,24-/m1/s1. The minimum atomic E-state index is -0.295. The highest BCUT2D eigenvalue weighted by atomic mass is 16.5. The van der Waals surface area contributed by atoms with Crippen molar-refractivity contribution in [3.05, 3.63) is 53.9 Å². The van der Waals surface area contributed by atoms with Gasteiger partial charge in [-0.3, -0.25) is 19.4 Å². The van der Waals surface area contributed by atoms with Crippen molar-refractivity contribution in [3.63, 3.8) is 0 Å². The van der Waals surface area contributed by atoms with Gasteiger partial charge in [0.2, 0.25) is 5.91 Å². The summed E-state index contributed by atoms with van der Waals surface area (Å²) < 4.78 is 11.9. The molecule has 36 heavy (non-hydrogen) atoms. The number of hydrogen-bond donors (Lipinski definition) is 1. The number of nitrogens with one attached hydrogen (secondary N) is 1. The van der Waals surface area contributed by atoms with Crippen molar-refractivity contribution in [2.24, 2.45) is 11.8 Å². The molecule has 2 aromatic rings. The van der Waals surface area contributed by atoms with Crippen molar-refractivity contribution in [3.8, 4) is 5.75 Å². The number of anilines is 1. The zero-order valence-electron chi connectivity index (χ0n) is 21.3. The lowest BCUT2D eigenvalue weighted by molar-refractivity contribution is -0.117. The zero-order chi connectivity index (χ0) is 25.8. The lowest BCUT2D eigenvalue weighted by atomic mass is 10.0. The van der Waals surface area contributed by atoms with Gasteiger partial charge in [0.05, 0.1) is 23.3 Å². The maximum Gasteiger partial charge on any atom is 0.257 e. The van der Waals surface area contributed by atoms with Gasteiger partial charge in [-0.05, 0) is 50.1 Å². The maximum atomic E-state index is 13.5. The quantitative estimate of drug-likeness (QED) is 0.701. The van der Waals surface area contributed by atoms with Crippen molar-refractivity contribution in [1.82, 2.24) is 14.8 Å². The Labute approximate surface area is 211 Å². The molecule has 1 saturated carbocycles. The van der Waals surface area contributed by atoms with E-state index in [1.54, 1.807) is 66.7 Å². The SMILES string of the molecule is CO[C@@H]1CN(C)C(=O)c2cc(NC(=O)C3CC3)ccc2OC[C@H](C)N(C(=O)c2cccnc2)C[C@H]1C. The average molecular weight is 495 g/mol. The van der Waals surface area contributed by atoms with E-state index in [0.29, 0.717) is 35.7 Å². The van der Waals surface area contributed by atoms with E-state index < -0.39 is 0 Å². The van der Waals surface area contributed by atoms with Gasteiger partial charge in [0.1, 0.15) is 12.4 Å². The predicted octanol–water partition coefficient (Wildman–Crippen LogP) is 3.08. The Balaban J connectivity index is 1.65. The summed E-state index contributed by atoms with van der Waals surface area (Å²) in [5.74, 6) is -0.0000637. The number of methoxy groups -OCH3 is 1. The number of rotatable bonds is 4. The fourth-order valence-electron chi connectivity index (χ4n) is 4.38. The van der Waals surface area contributed by atoms with Crippen LogP contribution in [0.1, 0.15) is 47.4 Å². The van der Waals surface area contributed by atoms with E-state index >= 15 is 0 Å². The number of carbonyl (C=O) groups excluding carboxylic acids is 3. The van der Waals surface area contributed by atoms with Crippen molar-refractivity contribution in [1.29, 1.82) is 0 Å². The van der Waals surface area contributed by atoms with Crippen molar-refractivity contribution >= 4 is 23.4 Å². The van der Waals surface area contributed by atoms with Crippen LogP contribution in [-0.2, 0) is 9.53 Å². The van der Waals surface area contributed by atoms with E-state index in [1.807, 2.05) is 13.8 Å². The second kappa shape index (κ2) is 11.1. The number of pyridine rings is 1. The average Bonchev–Trinajstić information content (AvgIpc) is 3.74. The van der Waals surface area contributed by atoms with Crippen LogP contribution < -0.4 is 10.1 Å². The van der Waals surface area contributed by atoms with E-state index in [2.05, 4.69) is 10.3 Å². The van der Waals surface area contributed by atoms with E-state index in [-0.39, 0.29) is 48.3 Å². The number of aromatic nitrogens is 1. The maximum absolute atomic E-state index is 13.5. The highest BCUT2D eigenvalue weighted by molar-refractivity contribution is 6.00. The number of likely N-dealkylation sites (N-methyl/N-ethyl adjacent to an activating group) is 1. The minimum absolute atomic E-state index is 0.0312. The van der Waals surface area contributed by atoms with Crippen LogP contribution in [0.2, 0.25) is 0 Å². The fraction of sp³-hybridized carbons (Fsp3) is 0.481. The van der Waals surface area contributed by atoms with Crippen LogP contribution in [0, 0.1) is 11.8 Å². The number of fused-ring (bicyclic) bond motifs is 1. The molecular weight excluding hydrogens is 460 g/mol. The van der Waals surface area contributed by atoms with Gasteiger partial charge in [0.25, 0.3) is 11.8 Å². The molecule has 1 aliphatic carbocycles. The summed E-state index contributed by atoms with van der Waals surface area (Å²) in [7, 11) is 3.33. The monoisotopic (exact) mass is 494 g/mol. The first-order chi connectivity index (χ1) is 17.3. The summed E-state index contributed by atoms with van der Waals surface area (Å²) in [5, 5.41) is 2.90. The molecule has 0 unspecified atom stereocenters. The van der Waals surface area contributed by atoms with E-state index in [0.717, 1.165) is 12.8 Å². The molecule has 1 fully saturated rings. The third-order valence-corrected chi connectivity index (χ3v) is 6.83. The molecule has 9 heteroatoms. The van der Waals surface area contributed by atoms with Crippen LogP contribution in [0.4, 0.5) is 5.69 Å². The van der Waals surface area contributed by atoms with Crippen LogP contribution in [-0.4, -0.2) is 78.5 Å². The van der Waals surface area contributed by atoms with Crippen molar-refractivity contribution < 1.29 is 23.9 Å². The summed E-state index contributed by atoms with van der Waals surface area (Å²) >= 11 is 0. The normalized spacial score (nSPS) is 23.1. The van der Waals surface area contributed by atoms with Gasteiger partial charge in [0.15, 0.2) is 0 Å². The number of hydrogen-bond acceptors (Lipinski definition) is 6. The molecular formula is C27H34N4O5. The van der Waals surface area contributed by atoms with Crippen LogP contribution >= 0.6 is 0 Å².